The van der Waals surface area contributed by atoms with Gasteiger partial charge in [0.05, 0.1) is 15.4 Å². The molecule has 0 aromatic heterocycles. The van der Waals surface area contributed by atoms with Crippen molar-refractivity contribution >= 4 is 19.7 Å². The van der Waals surface area contributed by atoms with Crippen LogP contribution in [0.2, 0.25) is 19.6 Å². The summed E-state index contributed by atoms with van der Waals surface area (Å²) in [6.07, 6.45) is 9.04. The van der Waals surface area contributed by atoms with Crippen molar-refractivity contribution in [2.24, 2.45) is 0 Å². The molecule has 6 rings (SSSR count). The molecule has 0 saturated heterocycles. The summed E-state index contributed by atoms with van der Waals surface area (Å²) in [5.74, 6) is 0. The van der Waals surface area contributed by atoms with E-state index in [9.17, 15) is 20.2 Å². The second kappa shape index (κ2) is 12.9. The molecule has 2 aromatic carbocycles. The Kier molecular flexibility index (Phi) is 9.76. The third kappa shape index (κ3) is 9.19. The van der Waals surface area contributed by atoms with Crippen molar-refractivity contribution in [2.45, 2.75) is 89.6 Å². The summed E-state index contributed by atoms with van der Waals surface area (Å²) in [5.41, 5.74) is 5.53. The van der Waals surface area contributed by atoms with Gasteiger partial charge in [-0.3, -0.25) is 25.1 Å². The normalized spacial score (nSPS) is 19.7. The van der Waals surface area contributed by atoms with Crippen LogP contribution in [0.4, 0.5) is 11.4 Å². The second-order valence-corrected chi connectivity index (χ2v) is 17.0. The lowest BCUT2D eigenvalue weighted by Gasteiger charge is -2.22. The van der Waals surface area contributed by atoms with Crippen LogP contribution >= 0.6 is 0 Å². The number of fused-ring (bicyclic) bond motifs is 2. The standard InChI is InChI=1S/C13H16N2O2.C10H12N2O2.C7H16OSi/c16-15(17)13-2-1-10-5-7-14(12-3-4-12)8-6-11(10)9-13;13-12(14)10-2-1-8-3-5-11-6-4-9(8)7-10;1-7(5-6-7)8-9(2,3)4/h1-2,9,12H,3-8H2;1-2,7,11H,3-6H2;5-6H2,1-4H3. The third-order valence-corrected chi connectivity index (χ3v) is 8.96. The maximum atomic E-state index is 10.8. The summed E-state index contributed by atoms with van der Waals surface area (Å²) in [6.45, 7) is 13.0. The smallest absolute Gasteiger partial charge is 0.269 e. The zero-order chi connectivity index (χ0) is 28.9. The number of hydrogen-bond donors (Lipinski definition) is 1. The first-order chi connectivity index (χ1) is 18.9. The van der Waals surface area contributed by atoms with Crippen molar-refractivity contribution in [3.8, 4) is 0 Å². The van der Waals surface area contributed by atoms with Crippen molar-refractivity contribution in [1.29, 1.82) is 0 Å². The molecule has 2 aliphatic carbocycles. The Morgan fingerprint density at radius 1 is 0.825 bits per heavy atom. The number of rotatable bonds is 5. The summed E-state index contributed by atoms with van der Waals surface area (Å²) in [6, 6.07) is 11.3. The lowest BCUT2D eigenvalue weighted by atomic mass is 10.0. The topological polar surface area (TPSA) is 111 Å². The molecule has 0 bridgehead atoms. The predicted octanol–water partition coefficient (Wildman–Crippen LogP) is 5.83. The number of nitrogens with one attached hydrogen (secondary N) is 1. The number of non-ortho nitro benzene ring substituents is 2. The average molecular weight is 569 g/mol. The molecule has 0 spiro atoms. The van der Waals surface area contributed by atoms with E-state index in [0.29, 0.717) is 5.60 Å². The van der Waals surface area contributed by atoms with Crippen LogP contribution < -0.4 is 5.32 Å². The molecule has 0 amide bonds. The van der Waals surface area contributed by atoms with E-state index in [-0.39, 0.29) is 21.2 Å². The SMILES string of the molecule is CC1(O[Si](C)(C)C)CC1.O=[N+]([O-])c1ccc2c(c1)CCN(C1CC1)CC2.O=[N+]([O-])c1ccc2c(c1)CCNCC2. The molecule has 2 fully saturated rings. The molecule has 9 nitrogen and oxygen atoms in total. The summed E-state index contributed by atoms with van der Waals surface area (Å²) in [4.78, 5) is 23.2. The Balaban J connectivity index is 0.000000146. The molecule has 40 heavy (non-hydrogen) atoms. The molecule has 1 N–H and O–H groups in total. The summed E-state index contributed by atoms with van der Waals surface area (Å²) in [5, 5.41) is 24.6. The zero-order valence-electron chi connectivity index (χ0n) is 24.4. The first-order valence-corrected chi connectivity index (χ1v) is 18.0. The number of benzene rings is 2. The van der Waals surface area contributed by atoms with E-state index in [4.69, 9.17) is 4.43 Å². The largest absolute Gasteiger partial charge is 0.412 e. The predicted molar refractivity (Wildman–Crippen MR) is 161 cm³/mol. The van der Waals surface area contributed by atoms with Crippen molar-refractivity contribution in [2.75, 3.05) is 26.2 Å². The minimum absolute atomic E-state index is 0.200. The first-order valence-electron chi connectivity index (χ1n) is 14.6. The fraction of sp³-hybridized carbons (Fsp3) is 0.600. The fourth-order valence-electron chi connectivity index (χ4n) is 5.44. The van der Waals surface area contributed by atoms with Crippen LogP contribution in [0.1, 0.15) is 54.9 Å². The van der Waals surface area contributed by atoms with Crippen LogP contribution in [0.15, 0.2) is 36.4 Å². The van der Waals surface area contributed by atoms with Crippen molar-refractivity contribution in [3.63, 3.8) is 0 Å². The zero-order valence-corrected chi connectivity index (χ0v) is 25.4. The lowest BCUT2D eigenvalue weighted by molar-refractivity contribution is -0.385. The van der Waals surface area contributed by atoms with E-state index in [0.717, 1.165) is 63.5 Å². The van der Waals surface area contributed by atoms with Crippen LogP contribution in [-0.4, -0.2) is 60.9 Å². The molecule has 10 heteroatoms. The highest BCUT2D eigenvalue weighted by Crippen LogP contribution is 2.40. The van der Waals surface area contributed by atoms with Crippen LogP contribution in [-0.2, 0) is 30.1 Å². The molecule has 218 valence electrons. The van der Waals surface area contributed by atoms with Gasteiger partial charge in [-0.1, -0.05) is 12.1 Å². The summed E-state index contributed by atoms with van der Waals surface area (Å²) < 4.78 is 5.88. The molecular formula is C30H44N4O5Si. The minimum Gasteiger partial charge on any atom is -0.412 e. The Hall–Kier alpha value is -2.66. The Bertz CT molecular complexity index is 1200. The van der Waals surface area contributed by atoms with Crippen molar-refractivity contribution in [1.82, 2.24) is 10.2 Å². The number of hydrogen-bond acceptors (Lipinski definition) is 7. The summed E-state index contributed by atoms with van der Waals surface area (Å²) in [7, 11) is -1.23. The molecular weight excluding hydrogens is 524 g/mol. The Morgan fingerprint density at radius 2 is 1.30 bits per heavy atom. The molecule has 0 unspecified atom stereocenters. The lowest BCUT2D eigenvalue weighted by Crippen LogP contribution is -2.31. The van der Waals surface area contributed by atoms with Gasteiger partial charge in [0.25, 0.3) is 11.4 Å². The van der Waals surface area contributed by atoms with Gasteiger partial charge in [-0.2, -0.15) is 0 Å². The van der Waals surface area contributed by atoms with Crippen LogP contribution in [0.5, 0.6) is 0 Å². The van der Waals surface area contributed by atoms with E-state index < -0.39 is 8.32 Å². The molecule has 2 saturated carbocycles. The number of nitrogens with zero attached hydrogens (tertiary/aromatic N) is 3. The van der Waals surface area contributed by atoms with E-state index in [2.05, 4.69) is 36.8 Å². The molecule has 2 aliphatic heterocycles. The fourth-order valence-corrected chi connectivity index (χ4v) is 7.12. The Morgan fingerprint density at radius 3 is 1.75 bits per heavy atom. The van der Waals surface area contributed by atoms with Crippen molar-refractivity contribution in [3.05, 3.63) is 78.9 Å². The quantitative estimate of drug-likeness (QED) is 0.274. The van der Waals surface area contributed by atoms with Gasteiger partial charge in [0.1, 0.15) is 0 Å². The van der Waals surface area contributed by atoms with Crippen LogP contribution in [0, 0.1) is 20.2 Å². The van der Waals surface area contributed by atoms with Gasteiger partial charge in [-0.05, 0) is 113 Å². The highest BCUT2D eigenvalue weighted by atomic mass is 28.4. The van der Waals surface area contributed by atoms with Gasteiger partial charge in [0, 0.05) is 43.4 Å². The van der Waals surface area contributed by atoms with Crippen molar-refractivity contribution < 1.29 is 14.3 Å². The molecule has 0 radical (unpaired) electrons. The van der Waals surface area contributed by atoms with Gasteiger partial charge in [0.15, 0.2) is 8.32 Å². The second-order valence-electron chi connectivity index (χ2n) is 12.6. The monoisotopic (exact) mass is 568 g/mol. The van der Waals surface area contributed by atoms with Gasteiger partial charge in [-0.15, -0.1) is 0 Å². The first kappa shape index (κ1) is 30.3. The number of nitro groups is 2. The third-order valence-electron chi connectivity index (χ3n) is 7.85. The van der Waals surface area contributed by atoms with Crippen LogP contribution in [0.25, 0.3) is 0 Å². The van der Waals surface area contributed by atoms with E-state index in [1.807, 2.05) is 12.1 Å². The summed E-state index contributed by atoms with van der Waals surface area (Å²) >= 11 is 0. The highest BCUT2D eigenvalue weighted by Gasteiger charge is 2.41. The van der Waals surface area contributed by atoms with E-state index >= 15 is 0 Å². The highest BCUT2D eigenvalue weighted by molar-refractivity contribution is 6.69. The molecule has 4 aliphatic rings. The van der Waals surface area contributed by atoms with Crippen LogP contribution in [0.3, 0.4) is 0 Å². The van der Waals surface area contributed by atoms with E-state index in [1.165, 1.54) is 42.4 Å². The Labute approximate surface area is 238 Å². The minimum atomic E-state index is -1.23. The average Bonchev–Trinajstić information content (AvgIpc) is 3.79. The molecule has 2 heterocycles. The maximum absolute atomic E-state index is 10.8. The van der Waals surface area contributed by atoms with Gasteiger partial charge in [-0.25, -0.2) is 0 Å². The number of nitro benzene ring substituents is 2. The maximum Gasteiger partial charge on any atom is 0.269 e. The van der Waals surface area contributed by atoms with Gasteiger partial charge in [0.2, 0.25) is 0 Å². The molecule has 2 aromatic rings. The van der Waals surface area contributed by atoms with Gasteiger partial charge < -0.3 is 9.74 Å². The van der Waals surface area contributed by atoms with E-state index in [1.54, 1.807) is 24.3 Å². The van der Waals surface area contributed by atoms with Gasteiger partial charge >= 0.3 is 0 Å². The molecule has 0 atom stereocenters.